The molecule has 0 fully saturated rings. The van der Waals surface area contributed by atoms with Gasteiger partial charge in [0.1, 0.15) is 5.69 Å². The fraction of sp³-hybridized carbons (Fsp3) is 0.375. The van der Waals surface area contributed by atoms with Crippen molar-refractivity contribution in [1.82, 2.24) is 14.2 Å². The van der Waals surface area contributed by atoms with E-state index in [1.54, 1.807) is 24.3 Å². The third kappa shape index (κ3) is 5.56. The maximum absolute atomic E-state index is 13.0. The van der Waals surface area contributed by atoms with Crippen LogP contribution in [0.5, 0.6) is 0 Å². The molecule has 0 saturated carbocycles. The smallest absolute Gasteiger partial charge is 0.267 e. The van der Waals surface area contributed by atoms with Crippen LogP contribution in [0.3, 0.4) is 0 Å². The average Bonchev–Trinajstić information content (AvgIpc) is 3.11. The largest absolute Gasteiger partial charge is 0.379 e. The molecule has 1 amide bonds. The second kappa shape index (κ2) is 10.3. The zero-order valence-electron chi connectivity index (χ0n) is 19.0. The second-order valence-corrected chi connectivity index (χ2v) is 10.3. The van der Waals surface area contributed by atoms with Gasteiger partial charge in [-0.25, -0.2) is 12.7 Å². The van der Waals surface area contributed by atoms with Crippen LogP contribution in [-0.2, 0) is 21.3 Å². The maximum atomic E-state index is 13.0. The molecular weight excluding hydrogens is 426 g/mol. The van der Waals surface area contributed by atoms with E-state index in [4.69, 9.17) is 4.74 Å². The number of hydrogen-bond donors (Lipinski definition) is 1. The highest BCUT2D eigenvalue weighted by atomic mass is 32.2. The molecule has 3 rings (SSSR count). The maximum Gasteiger partial charge on any atom is 0.267 e. The molecule has 8 heteroatoms. The van der Waals surface area contributed by atoms with Crippen LogP contribution < -0.4 is 5.32 Å². The van der Waals surface area contributed by atoms with Gasteiger partial charge in [0.05, 0.1) is 11.0 Å². The van der Waals surface area contributed by atoms with Gasteiger partial charge in [-0.2, -0.15) is 0 Å². The summed E-state index contributed by atoms with van der Waals surface area (Å²) in [5.74, 6) is -0.196. The van der Waals surface area contributed by atoms with E-state index in [2.05, 4.69) is 5.32 Å². The molecule has 0 aliphatic rings. The van der Waals surface area contributed by atoms with Crippen molar-refractivity contribution in [3.63, 3.8) is 0 Å². The number of sulfonamides is 1. The van der Waals surface area contributed by atoms with Crippen LogP contribution in [0.2, 0.25) is 0 Å². The highest BCUT2D eigenvalue weighted by Crippen LogP contribution is 2.25. The summed E-state index contributed by atoms with van der Waals surface area (Å²) in [6, 6.07) is 16.6. The van der Waals surface area contributed by atoms with Gasteiger partial charge in [-0.15, -0.1) is 0 Å². The molecular formula is C24H31N3O4S. The summed E-state index contributed by atoms with van der Waals surface area (Å²) in [5.41, 5.74) is 2.35. The predicted octanol–water partition coefficient (Wildman–Crippen LogP) is 3.48. The lowest BCUT2D eigenvalue weighted by molar-refractivity contribution is 0.0756. The van der Waals surface area contributed by atoms with Crippen LogP contribution in [0.15, 0.2) is 59.5 Å². The van der Waals surface area contributed by atoms with Crippen LogP contribution in [0.1, 0.15) is 36.3 Å². The van der Waals surface area contributed by atoms with Gasteiger partial charge in [0, 0.05) is 44.7 Å². The van der Waals surface area contributed by atoms with Crippen molar-refractivity contribution < 1.29 is 17.9 Å². The summed E-state index contributed by atoms with van der Waals surface area (Å²) in [7, 11) is -0.565. The van der Waals surface area contributed by atoms with Crippen molar-refractivity contribution in [2.75, 3.05) is 27.2 Å². The Balaban J connectivity index is 1.93. The number of amides is 1. The van der Waals surface area contributed by atoms with Gasteiger partial charge < -0.3 is 14.6 Å². The van der Waals surface area contributed by atoms with Crippen LogP contribution >= 0.6 is 0 Å². The van der Waals surface area contributed by atoms with Crippen LogP contribution in [-0.4, -0.2) is 56.5 Å². The molecule has 172 valence electrons. The predicted molar refractivity (Wildman–Crippen MR) is 126 cm³/mol. The Kier molecular flexibility index (Phi) is 7.71. The number of ether oxygens (including phenoxy) is 1. The van der Waals surface area contributed by atoms with Gasteiger partial charge in [0.15, 0.2) is 0 Å². The summed E-state index contributed by atoms with van der Waals surface area (Å²) in [4.78, 5) is 13.2. The van der Waals surface area contributed by atoms with E-state index < -0.39 is 10.0 Å². The van der Waals surface area contributed by atoms with E-state index >= 15 is 0 Å². The number of nitrogens with one attached hydrogen (secondary N) is 1. The molecule has 0 aliphatic carbocycles. The average molecular weight is 458 g/mol. The molecule has 0 radical (unpaired) electrons. The minimum Gasteiger partial charge on any atom is -0.379 e. The molecule has 3 aromatic rings. The van der Waals surface area contributed by atoms with Gasteiger partial charge in [-0.1, -0.05) is 30.3 Å². The summed E-state index contributed by atoms with van der Waals surface area (Å²) >= 11 is 0. The molecule has 1 N–H and O–H groups in total. The molecule has 0 aliphatic heterocycles. The van der Waals surface area contributed by atoms with Crippen molar-refractivity contribution >= 4 is 26.8 Å². The van der Waals surface area contributed by atoms with Crippen molar-refractivity contribution in [3.05, 3.63) is 65.9 Å². The van der Waals surface area contributed by atoms with Crippen molar-refractivity contribution in [2.45, 2.75) is 37.8 Å². The third-order valence-electron chi connectivity index (χ3n) is 5.13. The van der Waals surface area contributed by atoms with E-state index in [1.165, 1.54) is 18.4 Å². The summed E-state index contributed by atoms with van der Waals surface area (Å²) in [5, 5.41) is 3.66. The number of carbonyl (C=O) groups is 1. The van der Waals surface area contributed by atoms with Gasteiger partial charge >= 0.3 is 0 Å². The Labute approximate surface area is 190 Å². The lowest BCUT2D eigenvalue weighted by Crippen LogP contribution is -2.27. The van der Waals surface area contributed by atoms with Crippen LogP contribution in [0.25, 0.3) is 10.9 Å². The van der Waals surface area contributed by atoms with Gasteiger partial charge in [-0.3, -0.25) is 4.79 Å². The number of fused-ring (bicyclic) bond motifs is 1. The normalized spacial score (nSPS) is 12.1. The highest BCUT2D eigenvalue weighted by Gasteiger charge is 2.21. The molecule has 32 heavy (non-hydrogen) atoms. The van der Waals surface area contributed by atoms with Crippen molar-refractivity contribution in [1.29, 1.82) is 0 Å². The first-order chi connectivity index (χ1) is 15.2. The Bertz CT molecular complexity index is 1170. The van der Waals surface area contributed by atoms with E-state index in [1.807, 2.05) is 48.7 Å². The third-order valence-corrected chi connectivity index (χ3v) is 6.94. The molecule has 0 atom stereocenters. The van der Waals surface area contributed by atoms with E-state index in [0.29, 0.717) is 37.2 Å². The van der Waals surface area contributed by atoms with Crippen molar-refractivity contribution in [2.24, 2.45) is 0 Å². The second-order valence-electron chi connectivity index (χ2n) is 8.14. The summed E-state index contributed by atoms with van der Waals surface area (Å²) < 4.78 is 33.8. The number of rotatable bonds is 10. The minimum absolute atomic E-state index is 0.159. The van der Waals surface area contributed by atoms with Gasteiger partial charge in [0.2, 0.25) is 10.0 Å². The lowest BCUT2D eigenvalue weighted by atomic mass is 10.2. The molecule has 7 nitrogen and oxygen atoms in total. The first kappa shape index (κ1) is 24.0. The topological polar surface area (TPSA) is 80.6 Å². The monoisotopic (exact) mass is 457 g/mol. The molecule has 0 saturated heterocycles. The Hall–Kier alpha value is -2.68. The molecule has 1 heterocycles. The number of aromatic nitrogens is 1. The lowest BCUT2D eigenvalue weighted by Gasteiger charge is -2.13. The Morgan fingerprint density at radius 3 is 2.47 bits per heavy atom. The van der Waals surface area contributed by atoms with Gasteiger partial charge in [-0.05, 0) is 50.1 Å². The minimum atomic E-state index is -3.57. The summed E-state index contributed by atoms with van der Waals surface area (Å²) in [6.07, 6.45) is 0.875. The highest BCUT2D eigenvalue weighted by molar-refractivity contribution is 7.89. The Morgan fingerprint density at radius 2 is 1.81 bits per heavy atom. The zero-order chi connectivity index (χ0) is 23.3. The zero-order valence-corrected chi connectivity index (χ0v) is 19.9. The Morgan fingerprint density at radius 1 is 1.09 bits per heavy atom. The quantitative estimate of drug-likeness (QED) is 0.473. The van der Waals surface area contributed by atoms with Crippen molar-refractivity contribution in [3.8, 4) is 0 Å². The standard InChI is InChI=1S/C24H31N3O4S/c1-18(2)31-14-8-13-25-24(28)23-16-20-15-21(32(29,30)26(3)4)11-12-22(20)27(23)17-19-9-6-5-7-10-19/h5-7,9-12,15-16,18H,8,13-14,17H2,1-4H3,(H,25,28). The fourth-order valence-corrected chi connectivity index (χ4v) is 4.37. The first-order valence-electron chi connectivity index (χ1n) is 10.7. The van der Waals surface area contributed by atoms with Crippen LogP contribution in [0, 0.1) is 0 Å². The molecule has 0 unspecified atom stereocenters. The summed E-state index contributed by atoms with van der Waals surface area (Å²) in [6.45, 7) is 5.54. The van der Waals surface area contributed by atoms with Gasteiger partial charge in [0.25, 0.3) is 5.91 Å². The van der Waals surface area contributed by atoms with E-state index in [0.717, 1.165) is 11.1 Å². The van der Waals surface area contributed by atoms with E-state index in [9.17, 15) is 13.2 Å². The molecule has 2 aromatic carbocycles. The molecule has 0 spiro atoms. The number of carbonyl (C=O) groups excluding carboxylic acids is 1. The first-order valence-corrected chi connectivity index (χ1v) is 12.1. The SMILES string of the molecule is CC(C)OCCCNC(=O)c1cc2cc(S(=O)(=O)N(C)C)ccc2n1Cc1ccccc1. The van der Waals surface area contributed by atoms with Crippen LogP contribution in [0.4, 0.5) is 0 Å². The van der Waals surface area contributed by atoms with E-state index in [-0.39, 0.29) is 16.9 Å². The molecule has 0 bridgehead atoms. The number of nitrogens with zero attached hydrogens (tertiary/aromatic N) is 2. The number of hydrogen-bond acceptors (Lipinski definition) is 4. The fourth-order valence-electron chi connectivity index (χ4n) is 3.43. The number of benzene rings is 2. The molecule has 1 aromatic heterocycles.